The fourth-order valence-electron chi connectivity index (χ4n) is 1.13. The lowest BCUT2D eigenvalue weighted by molar-refractivity contribution is -0.137. The van der Waals surface area contributed by atoms with Gasteiger partial charge < -0.3 is 14.8 Å². The lowest BCUT2D eigenvalue weighted by Gasteiger charge is -2.21. The van der Waals surface area contributed by atoms with Crippen LogP contribution in [0.5, 0.6) is 0 Å². The third-order valence-electron chi connectivity index (χ3n) is 1.89. The van der Waals surface area contributed by atoms with Crippen LogP contribution in [0.4, 0.5) is 4.79 Å². The molecule has 0 saturated carbocycles. The molecule has 18 heavy (non-hydrogen) atoms. The molecule has 0 spiro atoms. The standard InChI is InChI=1S/C13H23NO4/c1-6-10(8-9-11(15)17-7-2)14-12(16)18-13(3,4)5/h8-10H,6-7H2,1-5H3,(H,14,16)/b9-8+/t10-/m0/s1. The van der Waals surface area contributed by atoms with Gasteiger partial charge in [-0.15, -0.1) is 0 Å². The normalized spacial score (nSPS) is 13.2. The van der Waals surface area contributed by atoms with Gasteiger partial charge in [0.05, 0.1) is 12.6 Å². The van der Waals surface area contributed by atoms with Gasteiger partial charge in [-0.3, -0.25) is 0 Å². The highest BCUT2D eigenvalue weighted by Crippen LogP contribution is 2.07. The van der Waals surface area contributed by atoms with Crippen molar-refractivity contribution in [2.75, 3.05) is 6.61 Å². The molecule has 0 aliphatic rings. The van der Waals surface area contributed by atoms with E-state index in [1.165, 1.54) is 6.08 Å². The van der Waals surface area contributed by atoms with Crippen LogP contribution < -0.4 is 5.32 Å². The number of alkyl carbamates (subject to hydrolysis) is 1. The maximum atomic E-state index is 11.5. The minimum Gasteiger partial charge on any atom is -0.463 e. The Bertz CT molecular complexity index is 305. The molecule has 0 rings (SSSR count). The molecule has 5 heteroatoms. The van der Waals surface area contributed by atoms with E-state index in [0.717, 1.165) is 0 Å². The van der Waals surface area contributed by atoms with E-state index in [1.807, 2.05) is 6.92 Å². The molecule has 0 fully saturated rings. The number of hydrogen-bond donors (Lipinski definition) is 1. The van der Waals surface area contributed by atoms with E-state index in [-0.39, 0.29) is 6.04 Å². The van der Waals surface area contributed by atoms with Crippen LogP contribution in [0, 0.1) is 0 Å². The molecule has 0 unspecified atom stereocenters. The van der Waals surface area contributed by atoms with Gasteiger partial charge in [0.1, 0.15) is 5.60 Å². The molecule has 1 N–H and O–H groups in total. The Morgan fingerprint density at radius 1 is 1.28 bits per heavy atom. The van der Waals surface area contributed by atoms with Crippen molar-refractivity contribution < 1.29 is 19.1 Å². The van der Waals surface area contributed by atoms with Crippen LogP contribution >= 0.6 is 0 Å². The van der Waals surface area contributed by atoms with E-state index in [9.17, 15) is 9.59 Å². The van der Waals surface area contributed by atoms with Crippen molar-refractivity contribution in [2.24, 2.45) is 0 Å². The largest absolute Gasteiger partial charge is 0.463 e. The average Bonchev–Trinajstić information content (AvgIpc) is 2.22. The highest BCUT2D eigenvalue weighted by atomic mass is 16.6. The van der Waals surface area contributed by atoms with E-state index in [4.69, 9.17) is 9.47 Å². The number of rotatable bonds is 5. The molecule has 0 aromatic rings. The number of esters is 1. The summed E-state index contributed by atoms with van der Waals surface area (Å²) in [5.41, 5.74) is -0.534. The highest BCUT2D eigenvalue weighted by molar-refractivity contribution is 5.82. The molecule has 0 saturated heterocycles. The van der Waals surface area contributed by atoms with E-state index in [1.54, 1.807) is 33.8 Å². The van der Waals surface area contributed by atoms with Crippen LogP contribution in [-0.2, 0) is 14.3 Å². The summed E-state index contributed by atoms with van der Waals surface area (Å²) in [6, 6.07) is -0.246. The quantitative estimate of drug-likeness (QED) is 0.606. The Hall–Kier alpha value is -1.52. The number of amides is 1. The van der Waals surface area contributed by atoms with Crippen LogP contribution in [0.25, 0.3) is 0 Å². The zero-order valence-corrected chi connectivity index (χ0v) is 11.8. The maximum Gasteiger partial charge on any atom is 0.408 e. The monoisotopic (exact) mass is 257 g/mol. The van der Waals surface area contributed by atoms with Gasteiger partial charge in [-0.05, 0) is 34.1 Å². The van der Waals surface area contributed by atoms with Crippen molar-refractivity contribution in [3.05, 3.63) is 12.2 Å². The van der Waals surface area contributed by atoms with Crippen molar-refractivity contribution >= 4 is 12.1 Å². The van der Waals surface area contributed by atoms with E-state index in [2.05, 4.69) is 5.32 Å². The molecule has 1 atom stereocenters. The predicted molar refractivity (Wildman–Crippen MR) is 69.2 cm³/mol. The van der Waals surface area contributed by atoms with Gasteiger partial charge in [-0.1, -0.05) is 13.0 Å². The second-order valence-electron chi connectivity index (χ2n) is 4.77. The van der Waals surface area contributed by atoms with Crippen LogP contribution in [0.3, 0.4) is 0 Å². The molecule has 5 nitrogen and oxygen atoms in total. The first-order valence-electron chi connectivity index (χ1n) is 6.13. The Balaban J connectivity index is 4.27. The zero-order chi connectivity index (χ0) is 14.2. The van der Waals surface area contributed by atoms with Gasteiger partial charge in [-0.2, -0.15) is 0 Å². The molecule has 0 aliphatic carbocycles. The smallest absolute Gasteiger partial charge is 0.408 e. The maximum absolute atomic E-state index is 11.5. The van der Waals surface area contributed by atoms with Crippen molar-refractivity contribution in [2.45, 2.75) is 52.7 Å². The summed E-state index contributed by atoms with van der Waals surface area (Å²) in [7, 11) is 0. The van der Waals surface area contributed by atoms with Gasteiger partial charge >= 0.3 is 12.1 Å². The second-order valence-corrected chi connectivity index (χ2v) is 4.77. The summed E-state index contributed by atoms with van der Waals surface area (Å²) in [6.07, 6.45) is 3.08. The molecule has 0 heterocycles. The van der Waals surface area contributed by atoms with Crippen molar-refractivity contribution in [1.82, 2.24) is 5.32 Å². The fourth-order valence-corrected chi connectivity index (χ4v) is 1.13. The third-order valence-corrected chi connectivity index (χ3v) is 1.89. The molecule has 104 valence electrons. The van der Waals surface area contributed by atoms with Crippen molar-refractivity contribution in [3.63, 3.8) is 0 Å². The van der Waals surface area contributed by atoms with E-state index in [0.29, 0.717) is 13.0 Å². The first-order chi connectivity index (χ1) is 8.28. The molecule has 0 bridgehead atoms. The summed E-state index contributed by atoms with van der Waals surface area (Å²) in [5.74, 6) is -0.415. The van der Waals surface area contributed by atoms with Crippen LogP contribution in [0.1, 0.15) is 41.0 Å². The zero-order valence-electron chi connectivity index (χ0n) is 11.8. The minimum atomic E-state index is -0.534. The summed E-state index contributed by atoms with van der Waals surface area (Å²) in [6.45, 7) is 9.35. The molecule has 1 amide bonds. The Morgan fingerprint density at radius 2 is 1.89 bits per heavy atom. The Kier molecular flexibility index (Phi) is 7.08. The van der Waals surface area contributed by atoms with Crippen LogP contribution in [0.15, 0.2) is 12.2 Å². The lowest BCUT2D eigenvalue weighted by Crippen LogP contribution is -2.38. The molecule has 0 aromatic heterocycles. The number of hydrogen-bond acceptors (Lipinski definition) is 4. The fraction of sp³-hybridized carbons (Fsp3) is 0.692. The van der Waals surface area contributed by atoms with Gasteiger partial charge in [0, 0.05) is 6.08 Å². The highest BCUT2D eigenvalue weighted by Gasteiger charge is 2.17. The molecule has 0 aromatic carbocycles. The molecule has 0 aliphatic heterocycles. The second kappa shape index (κ2) is 7.74. The summed E-state index contributed by atoms with van der Waals surface area (Å²) in [5, 5.41) is 2.66. The van der Waals surface area contributed by atoms with Crippen molar-refractivity contribution in [1.29, 1.82) is 0 Å². The lowest BCUT2D eigenvalue weighted by atomic mass is 10.2. The Morgan fingerprint density at radius 3 is 2.33 bits per heavy atom. The van der Waals surface area contributed by atoms with Gasteiger partial charge in [0.2, 0.25) is 0 Å². The van der Waals surface area contributed by atoms with Gasteiger partial charge in [0.25, 0.3) is 0 Å². The molecular weight excluding hydrogens is 234 g/mol. The molecule has 0 radical (unpaired) electrons. The number of ether oxygens (including phenoxy) is 2. The van der Waals surface area contributed by atoms with Crippen LogP contribution in [-0.4, -0.2) is 30.3 Å². The van der Waals surface area contributed by atoms with Gasteiger partial charge in [0.15, 0.2) is 0 Å². The number of nitrogens with one attached hydrogen (secondary N) is 1. The van der Waals surface area contributed by atoms with Crippen LogP contribution in [0.2, 0.25) is 0 Å². The van der Waals surface area contributed by atoms with E-state index < -0.39 is 17.7 Å². The van der Waals surface area contributed by atoms with Gasteiger partial charge in [-0.25, -0.2) is 9.59 Å². The number of carbonyl (C=O) groups excluding carboxylic acids is 2. The summed E-state index contributed by atoms with van der Waals surface area (Å²) in [4.78, 5) is 22.6. The van der Waals surface area contributed by atoms with Crippen molar-refractivity contribution in [3.8, 4) is 0 Å². The first-order valence-corrected chi connectivity index (χ1v) is 6.13. The number of carbonyl (C=O) groups is 2. The minimum absolute atomic E-state index is 0.246. The van der Waals surface area contributed by atoms with E-state index >= 15 is 0 Å². The SMILES string of the molecule is CCOC(=O)/C=C/[C@H](CC)NC(=O)OC(C)(C)C. The Labute approximate surface area is 109 Å². The predicted octanol–water partition coefficient (Wildman–Crippen LogP) is 2.41. The topological polar surface area (TPSA) is 64.6 Å². The molecular formula is C13H23NO4. The summed E-state index contributed by atoms with van der Waals surface area (Å²) < 4.78 is 9.88. The summed E-state index contributed by atoms with van der Waals surface area (Å²) >= 11 is 0. The average molecular weight is 257 g/mol. The third kappa shape index (κ3) is 8.61. The first kappa shape index (κ1) is 16.5.